The van der Waals surface area contributed by atoms with Gasteiger partial charge in [0, 0.05) is 17.5 Å². The molecule has 3 aromatic rings. The molecule has 0 aliphatic heterocycles. The predicted octanol–water partition coefficient (Wildman–Crippen LogP) is 2.58. The van der Waals surface area contributed by atoms with Crippen LogP contribution in [-0.2, 0) is 17.8 Å². The smallest absolute Gasteiger partial charge is 0.358 e. The normalized spacial score (nSPS) is 10.7. The number of rotatable bonds is 7. The number of nitro groups is 1. The Labute approximate surface area is 153 Å². The Balaban J connectivity index is 1.46. The zero-order valence-electron chi connectivity index (χ0n) is 14.1. The highest BCUT2D eigenvalue weighted by Gasteiger charge is 2.13. The SMILES string of the molecule is Cc1nc(-c2ccc(CCNC(=O)Cn3ccc([N+](=O)[O-])n3)cc2)cs1. The van der Waals surface area contributed by atoms with Gasteiger partial charge in [-0.1, -0.05) is 24.3 Å². The Bertz CT molecular complexity index is 917. The van der Waals surface area contributed by atoms with Gasteiger partial charge in [-0.2, -0.15) is 4.68 Å². The monoisotopic (exact) mass is 371 g/mol. The molecule has 1 N–H and O–H groups in total. The van der Waals surface area contributed by atoms with E-state index in [2.05, 4.69) is 15.4 Å². The minimum atomic E-state index is -0.592. The standard InChI is InChI=1S/C17H17N5O3S/c1-12-19-15(11-26-12)14-4-2-13(3-5-14)6-8-18-17(23)10-21-9-7-16(20-21)22(24)25/h2-5,7,9,11H,6,8,10H2,1H3,(H,18,23). The molecule has 3 rings (SSSR count). The number of carbonyl (C=O) groups excluding carboxylic acids is 1. The van der Waals surface area contributed by atoms with E-state index in [0.29, 0.717) is 13.0 Å². The zero-order valence-corrected chi connectivity index (χ0v) is 14.9. The second-order valence-corrected chi connectivity index (χ2v) is 6.74. The summed E-state index contributed by atoms with van der Waals surface area (Å²) in [6.45, 7) is 2.42. The molecular formula is C17H17N5O3S. The van der Waals surface area contributed by atoms with Crippen molar-refractivity contribution in [1.29, 1.82) is 0 Å². The first-order valence-corrected chi connectivity index (χ1v) is 8.85. The van der Waals surface area contributed by atoms with Crippen molar-refractivity contribution in [3.05, 3.63) is 62.6 Å². The molecule has 9 heteroatoms. The minimum absolute atomic E-state index is 0.0457. The first-order chi connectivity index (χ1) is 12.5. The number of aryl methyl sites for hydroxylation is 1. The molecule has 0 bridgehead atoms. The van der Waals surface area contributed by atoms with Crippen molar-refractivity contribution in [1.82, 2.24) is 20.1 Å². The molecule has 2 aromatic heterocycles. The summed E-state index contributed by atoms with van der Waals surface area (Å²) < 4.78 is 1.25. The van der Waals surface area contributed by atoms with Crippen LogP contribution in [0, 0.1) is 17.0 Å². The number of hydrogen-bond acceptors (Lipinski definition) is 6. The van der Waals surface area contributed by atoms with Gasteiger partial charge in [-0.25, -0.2) is 4.98 Å². The molecule has 0 aliphatic carbocycles. The highest BCUT2D eigenvalue weighted by atomic mass is 32.1. The van der Waals surface area contributed by atoms with Crippen LogP contribution in [0.4, 0.5) is 5.82 Å². The third kappa shape index (κ3) is 4.51. The lowest BCUT2D eigenvalue weighted by atomic mass is 10.1. The predicted molar refractivity (Wildman–Crippen MR) is 97.9 cm³/mol. The van der Waals surface area contributed by atoms with E-state index in [1.54, 1.807) is 11.3 Å². The lowest BCUT2D eigenvalue weighted by Gasteiger charge is -2.05. The van der Waals surface area contributed by atoms with Crippen molar-refractivity contribution in [3.8, 4) is 11.3 Å². The lowest BCUT2D eigenvalue weighted by molar-refractivity contribution is -0.389. The zero-order chi connectivity index (χ0) is 18.5. The molecule has 26 heavy (non-hydrogen) atoms. The van der Waals surface area contributed by atoms with E-state index in [1.165, 1.54) is 16.9 Å². The number of carbonyl (C=O) groups is 1. The maximum absolute atomic E-state index is 11.9. The molecule has 134 valence electrons. The molecule has 0 saturated heterocycles. The van der Waals surface area contributed by atoms with Crippen molar-refractivity contribution < 1.29 is 9.72 Å². The highest BCUT2D eigenvalue weighted by Crippen LogP contribution is 2.21. The molecule has 1 amide bonds. The van der Waals surface area contributed by atoms with E-state index in [4.69, 9.17) is 0 Å². The van der Waals surface area contributed by atoms with Gasteiger partial charge in [-0.3, -0.25) is 4.79 Å². The van der Waals surface area contributed by atoms with Gasteiger partial charge in [-0.15, -0.1) is 11.3 Å². The van der Waals surface area contributed by atoms with E-state index in [9.17, 15) is 14.9 Å². The Morgan fingerprint density at radius 2 is 2.08 bits per heavy atom. The van der Waals surface area contributed by atoms with Gasteiger partial charge in [-0.05, 0) is 23.8 Å². The number of nitrogens with one attached hydrogen (secondary N) is 1. The fraction of sp³-hybridized carbons (Fsp3) is 0.235. The molecule has 0 saturated carbocycles. The van der Waals surface area contributed by atoms with Crippen LogP contribution in [0.3, 0.4) is 0 Å². The van der Waals surface area contributed by atoms with Crippen LogP contribution < -0.4 is 5.32 Å². The summed E-state index contributed by atoms with van der Waals surface area (Å²) in [6.07, 6.45) is 2.11. The number of thiazole rings is 1. The Morgan fingerprint density at radius 3 is 2.69 bits per heavy atom. The molecule has 2 heterocycles. The molecule has 0 radical (unpaired) electrons. The Morgan fingerprint density at radius 1 is 1.31 bits per heavy atom. The largest absolute Gasteiger partial charge is 0.389 e. The van der Waals surface area contributed by atoms with Crippen LogP contribution in [0.1, 0.15) is 10.6 Å². The minimum Gasteiger partial charge on any atom is -0.358 e. The van der Waals surface area contributed by atoms with Gasteiger partial charge in [0.05, 0.1) is 28.1 Å². The first kappa shape index (κ1) is 17.7. The summed E-state index contributed by atoms with van der Waals surface area (Å²) in [5.41, 5.74) is 3.15. The maximum atomic E-state index is 11.9. The van der Waals surface area contributed by atoms with Crippen LogP contribution in [0.25, 0.3) is 11.3 Å². The second kappa shape index (κ2) is 7.87. The fourth-order valence-electron chi connectivity index (χ4n) is 2.42. The molecule has 8 nitrogen and oxygen atoms in total. The molecule has 0 unspecified atom stereocenters. The van der Waals surface area contributed by atoms with Gasteiger partial charge < -0.3 is 15.4 Å². The van der Waals surface area contributed by atoms with E-state index < -0.39 is 4.92 Å². The van der Waals surface area contributed by atoms with Crippen molar-refractivity contribution in [2.45, 2.75) is 19.9 Å². The van der Waals surface area contributed by atoms with Crippen molar-refractivity contribution >= 4 is 23.1 Å². The third-order valence-corrected chi connectivity index (χ3v) is 4.50. The first-order valence-electron chi connectivity index (χ1n) is 7.97. The van der Waals surface area contributed by atoms with Crippen LogP contribution in [-0.4, -0.2) is 32.1 Å². The van der Waals surface area contributed by atoms with E-state index in [-0.39, 0.29) is 18.3 Å². The number of benzene rings is 1. The van der Waals surface area contributed by atoms with Crippen molar-refractivity contribution in [2.75, 3.05) is 6.54 Å². The third-order valence-electron chi connectivity index (χ3n) is 3.72. The van der Waals surface area contributed by atoms with Gasteiger partial charge >= 0.3 is 5.82 Å². The summed E-state index contributed by atoms with van der Waals surface area (Å²) in [4.78, 5) is 26.3. The van der Waals surface area contributed by atoms with Gasteiger partial charge in [0.1, 0.15) is 6.54 Å². The number of aromatic nitrogens is 3. The summed E-state index contributed by atoms with van der Waals surface area (Å²) in [6, 6.07) is 9.35. The van der Waals surface area contributed by atoms with Crippen LogP contribution in [0.5, 0.6) is 0 Å². The molecule has 0 atom stereocenters. The quantitative estimate of drug-likeness (QED) is 0.508. The van der Waals surface area contributed by atoms with Gasteiger partial charge in [0.25, 0.3) is 0 Å². The highest BCUT2D eigenvalue weighted by molar-refractivity contribution is 7.09. The molecular weight excluding hydrogens is 354 g/mol. The number of amides is 1. The topological polar surface area (TPSA) is 103 Å². The van der Waals surface area contributed by atoms with Crippen LogP contribution >= 0.6 is 11.3 Å². The average Bonchev–Trinajstić information content (AvgIpc) is 3.25. The number of nitrogens with zero attached hydrogens (tertiary/aromatic N) is 4. The Kier molecular flexibility index (Phi) is 5.37. The second-order valence-electron chi connectivity index (χ2n) is 5.68. The summed E-state index contributed by atoms with van der Waals surface area (Å²) >= 11 is 1.62. The summed E-state index contributed by atoms with van der Waals surface area (Å²) in [5.74, 6) is -0.509. The van der Waals surface area contributed by atoms with Crippen molar-refractivity contribution in [3.63, 3.8) is 0 Å². The molecule has 0 aliphatic rings. The Hall–Kier alpha value is -3.07. The lowest BCUT2D eigenvalue weighted by Crippen LogP contribution is -2.29. The molecule has 1 aromatic carbocycles. The van der Waals surface area contributed by atoms with Gasteiger partial charge in [0.15, 0.2) is 0 Å². The number of hydrogen-bond donors (Lipinski definition) is 1. The summed E-state index contributed by atoms with van der Waals surface area (Å²) in [5, 5.41) is 20.1. The van der Waals surface area contributed by atoms with Crippen LogP contribution in [0.2, 0.25) is 0 Å². The average molecular weight is 371 g/mol. The molecule has 0 fully saturated rings. The van der Waals surface area contributed by atoms with Crippen molar-refractivity contribution in [2.24, 2.45) is 0 Å². The van der Waals surface area contributed by atoms with E-state index in [0.717, 1.165) is 21.8 Å². The fourth-order valence-corrected chi connectivity index (χ4v) is 3.05. The molecule has 0 spiro atoms. The summed E-state index contributed by atoms with van der Waals surface area (Å²) in [7, 11) is 0. The van der Waals surface area contributed by atoms with E-state index in [1.807, 2.05) is 36.6 Å². The maximum Gasteiger partial charge on any atom is 0.389 e. The van der Waals surface area contributed by atoms with Crippen LogP contribution in [0.15, 0.2) is 41.9 Å². The van der Waals surface area contributed by atoms with E-state index >= 15 is 0 Å². The van der Waals surface area contributed by atoms with Gasteiger partial charge in [0.2, 0.25) is 5.91 Å².